The largest absolute Gasteiger partial charge is 0.480 e. The van der Waals surface area contributed by atoms with Crippen LogP contribution in [0.25, 0.3) is 4.13 Å². The number of alkyl halides is 6. The van der Waals surface area contributed by atoms with Crippen molar-refractivity contribution < 1.29 is 52.4 Å². The highest BCUT2D eigenvalue weighted by Gasteiger charge is 2.46. The van der Waals surface area contributed by atoms with E-state index in [1.54, 1.807) is 7.11 Å². The van der Waals surface area contributed by atoms with E-state index in [2.05, 4.69) is 6.58 Å². The van der Waals surface area contributed by atoms with Crippen LogP contribution in [0.15, 0.2) is 12.7 Å². The molecule has 0 spiro atoms. The van der Waals surface area contributed by atoms with Crippen LogP contribution in [0.4, 0.5) is 26.3 Å². The Hall–Kier alpha value is -0.900. The number of sulfonamides is 2. The molecule has 0 aromatic rings. The van der Waals surface area contributed by atoms with Crippen LogP contribution in [0.3, 0.4) is 0 Å². The molecule has 0 atom stereocenters. The molecule has 1 aliphatic heterocycles. The summed E-state index contributed by atoms with van der Waals surface area (Å²) in [5, 5.41) is 0. The summed E-state index contributed by atoms with van der Waals surface area (Å²) in [5.41, 5.74) is -12.4. The third-order valence-corrected chi connectivity index (χ3v) is 6.32. The normalized spacial score (nSPS) is 17.9. The Morgan fingerprint density at radius 3 is 1.70 bits per heavy atom. The number of halogens is 6. The van der Waals surface area contributed by atoms with Crippen molar-refractivity contribution in [1.82, 2.24) is 0 Å². The van der Waals surface area contributed by atoms with E-state index in [0.29, 0.717) is 0 Å². The number of ether oxygens (including phenoxy) is 1. The average molecular weight is 450 g/mol. The van der Waals surface area contributed by atoms with Gasteiger partial charge >= 0.3 is 11.0 Å². The van der Waals surface area contributed by atoms with Crippen molar-refractivity contribution in [3.63, 3.8) is 0 Å². The van der Waals surface area contributed by atoms with Gasteiger partial charge in [0.2, 0.25) is 0 Å². The van der Waals surface area contributed by atoms with Crippen LogP contribution in [-0.2, 0) is 24.8 Å². The van der Waals surface area contributed by atoms with Crippen molar-refractivity contribution in [2.75, 3.05) is 39.9 Å². The van der Waals surface area contributed by atoms with Gasteiger partial charge in [0.25, 0.3) is 0 Å². The first-order chi connectivity index (χ1) is 12.0. The minimum atomic E-state index is -6.72. The number of hydrogen-bond donors (Lipinski definition) is 0. The second kappa shape index (κ2) is 9.54. The molecule has 1 fully saturated rings. The van der Waals surface area contributed by atoms with E-state index >= 15 is 0 Å². The zero-order valence-corrected chi connectivity index (χ0v) is 15.9. The van der Waals surface area contributed by atoms with E-state index < -0.39 is 31.1 Å². The van der Waals surface area contributed by atoms with E-state index in [1.807, 2.05) is 6.08 Å². The van der Waals surface area contributed by atoms with Crippen molar-refractivity contribution in [1.29, 1.82) is 0 Å². The van der Waals surface area contributed by atoms with Gasteiger partial charge < -0.3 is 13.3 Å². The monoisotopic (exact) mass is 450 g/mol. The molecular formula is C12H20F6N2O5S2. The number of hydrogen-bond acceptors (Lipinski definition) is 5. The lowest BCUT2D eigenvalue weighted by atomic mass is 10.4. The molecule has 7 nitrogen and oxygen atoms in total. The zero-order chi connectivity index (χ0) is 21.6. The summed E-state index contributed by atoms with van der Waals surface area (Å²) < 4.78 is 116. The number of likely N-dealkylation sites (tertiary alicyclic amines) is 1. The van der Waals surface area contributed by atoms with E-state index in [0.717, 1.165) is 23.8 Å². The third-order valence-electron chi connectivity index (χ3n) is 3.58. The van der Waals surface area contributed by atoms with Crippen LogP contribution in [0.1, 0.15) is 12.8 Å². The molecule has 0 aromatic carbocycles. The molecule has 0 amide bonds. The van der Waals surface area contributed by atoms with Gasteiger partial charge in [0, 0.05) is 20.0 Å². The second-order valence-electron chi connectivity index (χ2n) is 5.60. The first-order valence-electron chi connectivity index (χ1n) is 7.35. The molecule has 1 heterocycles. The molecule has 0 saturated carbocycles. The summed E-state index contributed by atoms with van der Waals surface area (Å²) in [6, 6.07) is 0. The van der Waals surface area contributed by atoms with Crippen LogP contribution >= 0.6 is 0 Å². The summed E-state index contributed by atoms with van der Waals surface area (Å²) in [7, 11) is -11.7. The van der Waals surface area contributed by atoms with Crippen molar-refractivity contribution in [2.45, 2.75) is 23.9 Å². The van der Waals surface area contributed by atoms with Gasteiger partial charge in [0.1, 0.15) is 6.54 Å². The third kappa shape index (κ3) is 7.93. The fourth-order valence-electron chi connectivity index (χ4n) is 2.28. The molecule has 1 aliphatic rings. The van der Waals surface area contributed by atoms with Crippen LogP contribution in [0.2, 0.25) is 0 Å². The maximum atomic E-state index is 11.4. The first-order valence-corrected chi connectivity index (χ1v) is 10.2. The highest BCUT2D eigenvalue weighted by molar-refractivity contribution is 8.13. The van der Waals surface area contributed by atoms with Crippen LogP contribution in [0.5, 0.6) is 0 Å². The van der Waals surface area contributed by atoms with Crippen LogP contribution in [0, 0.1) is 0 Å². The molecule has 0 radical (unpaired) electrons. The van der Waals surface area contributed by atoms with Crippen molar-refractivity contribution >= 4 is 20.0 Å². The highest BCUT2D eigenvalue weighted by atomic mass is 32.3. The Balaban J connectivity index is 0.000000511. The van der Waals surface area contributed by atoms with E-state index in [-0.39, 0.29) is 0 Å². The Labute approximate surface area is 153 Å². The van der Waals surface area contributed by atoms with Gasteiger partial charge in [-0.1, -0.05) is 6.58 Å². The fraction of sp³-hybridized carbons (Fsp3) is 0.833. The standard InChI is InChI=1S/C10H20NO.C2F6NO4S2/c1-3-6-11(9-10-12-2)7-4-5-8-11;3-1(4,5)14(10,11)9-15(12,13)2(6,7)8/h3H,1,4-10H2,2H3;/q+1;-1. The van der Waals surface area contributed by atoms with Crippen molar-refractivity contribution in [3.8, 4) is 0 Å². The molecule has 0 bridgehead atoms. The number of quaternary nitrogens is 1. The maximum absolute atomic E-state index is 11.4. The maximum Gasteiger partial charge on any atom is 0.480 e. The second-order valence-corrected chi connectivity index (χ2v) is 9.02. The number of nitrogens with zero attached hydrogens (tertiary/aromatic N) is 2. The lowest BCUT2D eigenvalue weighted by molar-refractivity contribution is -0.911. The van der Waals surface area contributed by atoms with Gasteiger partial charge in [-0.2, -0.15) is 26.3 Å². The molecule has 27 heavy (non-hydrogen) atoms. The fourth-order valence-corrected chi connectivity index (χ4v) is 3.99. The average Bonchev–Trinajstić information content (AvgIpc) is 2.92. The molecule has 0 unspecified atom stereocenters. The van der Waals surface area contributed by atoms with Gasteiger partial charge in [-0.3, -0.25) is 0 Å². The Morgan fingerprint density at radius 1 is 1.00 bits per heavy atom. The van der Waals surface area contributed by atoms with Crippen molar-refractivity contribution in [3.05, 3.63) is 16.8 Å². The molecule has 1 saturated heterocycles. The summed E-state index contributed by atoms with van der Waals surface area (Å²) in [6.45, 7) is 9.60. The molecule has 0 aromatic heterocycles. The first kappa shape index (κ1) is 26.1. The summed E-state index contributed by atoms with van der Waals surface area (Å²) in [4.78, 5) is 0. The highest BCUT2D eigenvalue weighted by Crippen LogP contribution is 2.36. The Bertz CT molecular complexity index is 640. The van der Waals surface area contributed by atoms with Gasteiger partial charge in [0.05, 0.1) is 26.2 Å². The van der Waals surface area contributed by atoms with E-state index in [9.17, 15) is 43.2 Å². The van der Waals surface area contributed by atoms with E-state index in [1.165, 1.54) is 30.4 Å². The van der Waals surface area contributed by atoms with Crippen LogP contribution in [-0.4, -0.2) is 72.2 Å². The van der Waals surface area contributed by atoms with Gasteiger partial charge in [0.15, 0.2) is 20.0 Å². The predicted molar refractivity (Wildman–Crippen MR) is 84.3 cm³/mol. The molecule has 162 valence electrons. The minimum absolute atomic E-state index is 0.778. The van der Waals surface area contributed by atoms with Crippen molar-refractivity contribution in [2.24, 2.45) is 0 Å². The number of rotatable bonds is 7. The summed E-state index contributed by atoms with van der Waals surface area (Å²) in [5.74, 6) is 0. The molecular weight excluding hydrogens is 430 g/mol. The Kier molecular flexibility index (Phi) is 9.22. The van der Waals surface area contributed by atoms with Gasteiger partial charge in [-0.15, -0.1) is 0 Å². The predicted octanol–water partition coefficient (Wildman–Crippen LogP) is 2.49. The molecule has 15 heteroatoms. The molecule has 1 rings (SSSR count). The SMILES string of the molecule is C=CC[N+]1(CCOC)CCCC1.O=S(=O)([N-]S(=O)(=O)C(F)(F)F)C(F)(F)F. The lowest BCUT2D eigenvalue weighted by Gasteiger charge is -2.32. The Morgan fingerprint density at radius 2 is 1.41 bits per heavy atom. The summed E-state index contributed by atoms with van der Waals surface area (Å²) in [6.07, 6.45) is 4.79. The zero-order valence-electron chi connectivity index (χ0n) is 14.3. The molecule has 0 N–H and O–H groups in total. The van der Waals surface area contributed by atoms with Gasteiger partial charge in [-0.25, -0.2) is 16.8 Å². The topological polar surface area (TPSA) is 91.6 Å². The lowest BCUT2D eigenvalue weighted by Crippen LogP contribution is -2.47. The minimum Gasteiger partial charge on any atom is -0.421 e. The van der Waals surface area contributed by atoms with Gasteiger partial charge in [-0.05, 0) is 6.08 Å². The van der Waals surface area contributed by atoms with E-state index in [4.69, 9.17) is 4.74 Å². The summed E-state index contributed by atoms with van der Waals surface area (Å²) >= 11 is 0. The van der Waals surface area contributed by atoms with Crippen LogP contribution < -0.4 is 0 Å². The quantitative estimate of drug-likeness (QED) is 0.338. The smallest absolute Gasteiger partial charge is 0.421 e. The number of methoxy groups -OCH3 is 1. The molecule has 0 aliphatic carbocycles.